The highest BCUT2D eigenvalue weighted by molar-refractivity contribution is 6.30. The van der Waals surface area contributed by atoms with Gasteiger partial charge in [0.15, 0.2) is 0 Å². The summed E-state index contributed by atoms with van der Waals surface area (Å²) in [5.41, 5.74) is 4.18. The first-order chi connectivity index (χ1) is 10.2. The second-order valence-electron chi connectivity index (χ2n) is 4.80. The molecule has 106 valence electrons. The van der Waals surface area contributed by atoms with E-state index in [9.17, 15) is 0 Å². The van der Waals surface area contributed by atoms with E-state index in [0.717, 1.165) is 23.5 Å². The molecule has 2 heterocycles. The number of nitrogens with zero attached hydrogens (tertiary/aromatic N) is 3. The van der Waals surface area contributed by atoms with Gasteiger partial charge >= 0.3 is 0 Å². The molecular formula is C16H15ClN4. The maximum absolute atomic E-state index is 5.92. The Bertz CT molecular complexity index is 721. The number of benzene rings is 1. The Hall–Kier alpha value is -2.33. The van der Waals surface area contributed by atoms with Gasteiger partial charge in [-0.25, -0.2) is 9.67 Å². The lowest BCUT2D eigenvalue weighted by Crippen LogP contribution is -2.01. The fourth-order valence-electron chi connectivity index (χ4n) is 2.05. The van der Waals surface area contributed by atoms with Crippen LogP contribution in [-0.4, -0.2) is 14.8 Å². The molecule has 0 aliphatic carbocycles. The highest BCUT2D eigenvalue weighted by Gasteiger charge is 2.00. The van der Waals surface area contributed by atoms with Gasteiger partial charge in [-0.1, -0.05) is 23.7 Å². The van der Waals surface area contributed by atoms with Crippen molar-refractivity contribution in [2.75, 3.05) is 5.32 Å². The minimum Gasteiger partial charge on any atom is -0.380 e. The Labute approximate surface area is 128 Å². The molecule has 0 unspecified atom stereocenters. The number of rotatable bonds is 4. The molecule has 4 nitrogen and oxygen atoms in total. The third kappa shape index (κ3) is 3.23. The van der Waals surface area contributed by atoms with Crippen LogP contribution in [0, 0.1) is 6.92 Å². The van der Waals surface area contributed by atoms with Gasteiger partial charge in [0.25, 0.3) is 0 Å². The van der Waals surface area contributed by atoms with E-state index < -0.39 is 0 Å². The molecule has 0 aliphatic heterocycles. The Kier molecular flexibility index (Phi) is 3.88. The largest absolute Gasteiger partial charge is 0.380 e. The lowest BCUT2D eigenvalue weighted by Gasteiger charge is -2.08. The van der Waals surface area contributed by atoms with Gasteiger partial charge in [0.1, 0.15) is 5.15 Å². The molecular weight excluding hydrogens is 284 g/mol. The molecule has 3 rings (SSSR count). The summed E-state index contributed by atoms with van der Waals surface area (Å²) < 4.78 is 1.84. The number of hydrogen-bond acceptors (Lipinski definition) is 3. The first-order valence-corrected chi connectivity index (χ1v) is 7.05. The van der Waals surface area contributed by atoms with E-state index in [1.54, 1.807) is 12.4 Å². The standard InChI is InChI=1S/C16H15ClN4/c1-12-9-14(11-19-16(12)17)18-10-13-3-5-15(6-4-13)21-8-2-7-20-21/h2-9,11,18H,10H2,1H3. The maximum atomic E-state index is 5.92. The molecule has 2 aromatic heterocycles. The molecule has 0 bridgehead atoms. The van der Waals surface area contributed by atoms with Crippen LogP contribution in [0.4, 0.5) is 5.69 Å². The predicted octanol–water partition coefficient (Wildman–Crippen LogP) is 3.84. The summed E-state index contributed by atoms with van der Waals surface area (Å²) in [5.74, 6) is 0. The van der Waals surface area contributed by atoms with Gasteiger partial charge in [-0.3, -0.25) is 0 Å². The van der Waals surface area contributed by atoms with Crippen molar-refractivity contribution >= 4 is 17.3 Å². The maximum Gasteiger partial charge on any atom is 0.132 e. The summed E-state index contributed by atoms with van der Waals surface area (Å²) in [7, 11) is 0. The van der Waals surface area contributed by atoms with Gasteiger partial charge in [0.05, 0.1) is 17.6 Å². The van der Waals surface area contributed by atoms with E-state index in [2.05, 4.69) is 39.7 Å². The lowest BCUT2D eigenvalue weighted by atomic mass is 10.2. The molecule has 0 fully saturated rings. The van der Waals surface area contributed by atoms with Crippen molar-refractivity contribution in [2.24, 2.45) is 0 Å². The van der Waals surface area contributed by atoms with Crippen LogP contribution in [0.5, 0.6) is 0 Å². The van der Waals surface area contributed by atoms with Gasteiger partial charge in [-0.05, 0) is 42.3 Å². The van der Waals surface area contributed by atoms with Gasteiger partial charge in [-0.15, -0.1) is 0 Å². The number of halogens is 1. The molecule has 0 spiro atoms. The third-order valence-corrected chi connectivity index (χ3v) is 3.61. The summed E-state index contributed by atoms with van der Waals surface area (Å²) in [4.78, 5) is 4.13. The van der Waals surface area contributed by atoms with E-state index in [1.807, 2.05) is 29.9 Å². The van der Waals surface area contributed by atoms with Crippen LogP contribution in [0.1, 0.15) is 11.1 Å². The number of aromatic nitrogens is 3. The van der Waals surface area contributed by atoms with Gasteiger partial charge < -0.3 is 5.32 Å². The fourth-order valence-corrected chi connectivity index (χ4v) is 2.15. The van der Waals surface area contributed by atoms with Crippen LogP contribution < -0.4 is 5.32 Å². The zero-order chi connectivity index (χ0) is 14.7. The molecule has 0 radical (unpaired) electrons. The molecule has 0 amide bonds. The van der Waals surface area contributed by atoms with Crippen molar-refractivity contribution in [3.05, 3.63) is 71.3 Å². The molecule has 0 saturated carbocycles. The molecule has 21 heavy (non-hydrogen) atoms. The molecule has 0 aliphatic rings. The van der Waals surface area contributed by atoms with Crippen LogP contribution in [0.3, 0.4) is 0 Å². The Morgan fingerprint density at radius 1 is 1.24 bits per heavy atom. The van der Waals surface area contributed by atoms with E-state index in [4.69, 9.17) is 11.6 Å². The van der Waals surface area contributed by atoms with Crippen LogP contribution in [0.2, 0.25) is 5.15 Å². The van der Waals surface area contributed by atoms with Crippen LogP contribution >= 0.6 is 11.6 Å². The van der Waals surface area contributed by atoms with Crippen molar-refractivity contribution in [3.63, 3.8) is 0 Å². The summed E-state index contributed by atoms with van der Waals surface area (Å²) >= 11 is 5.92. The minimum atomic E-state index is 0.545. The zero-order valence-corrected chi connectivity index (χ0v) is 12.4. The first kappa shape index (κ1) is 13.6. The van der Waals surface area contributed by atoms with E-state index >= 15 is 0 Å². The summed E-state index contributed by atoms with van der Waals surface area (Å²) in [6.07, 6.45) is 5.44. The molecule has 0 saturated heterocycles. The van der Waals surface area contributed by atoms with Crippen molar-refractivity contribution in [1.29, 1.82) is 0 Å². The summed E-state index contributed by atoms with van der Waals surface area (Å²) in [5, 5.41) is 8.09. The second-order valence-corrected chi connectivity index (χ2v) is 5.16. The number of nitrogens with one attached hydrogen (secondary N) is 1. The van der Waals surface area contributed by atoms with E-state index in [-0.39, 0.29) is 0 Å². The van der Waals surface area contributed by atoms with Crippen molar-refractivity contribution in [2.45, 2.75) is 13.5 Å². The van der Waals surface area contributed by atoms with Crippen molar-refractivity contribution in [1.82, 2.24) is 14.8 Å². The summed E-state index contributed by atoms with van der Waals surface area (Å²) in [6.45, 7) is 2.68. The Morgan fingerprint density at radius 3 is 2.71 bits per heavy atom. The minimum absolute atomic E-state index is 0.545. The fraction of sp³-hybridized carbons (Fsp3) is 0.125. The number of aryl methyl sites for hydroxylation is 1. The highest BCUT2D eigenvalue weighted by atomic mass is 35.5. The monoisotopic (exact) mass is 298 g/mol. The third-order valence-electron chi connectivity index (χ3n) is 3.22. The molecule has 1 aromatic carbocycles. The SMILES string of the molecule is Cc1cc(NCc2ccc(-n3cccn3)cc2)cnc1Cl. The topological polar surface area (TPSA) is 42.7 Å². The zero-order valence-electron chi connectivity index (χ0n) is 11.6. The van der Waals surface area contributed by atoms with Crippen molar-refractivity contribution < 1.29 is 0 Å². The van der Waals surface area contributed by atoms with Gasteiger partial charge in [0.2, 0.25) is 0 Å². The smallest absolute Gasteiger partial charge is 0.132 e. The van der Waals surface area contributed by atoms with Gasteiger partial charge in [0, 0.05) is 18.9 Å². The molecule has 0 atom stereocenters. The van der Waals surface area contributed by atoms with Crippen molar-refractivity contribution in [3.8, 4) is 5.69 Å². The first-order valence-electron chi connectivity index (χ1n) is 6.67. The number of anilines is 1. The van der Waals surface area contributed by atoms with Crippen LogP contribution in [-0.2, 0) is 6.54 Å². The normalized spacial score (nSPS) is 10.6. The van der Waals surface area contributed by atoms with E-state index in [1.165, 1.54) is 5.56 Å². The van der Waals surface area contributed by atoms with Crippen LogP contribution in [0.25, 0.3) is 5.69 Å². The quantitative estimate of drug-likeness (QED) is 0.744. The average Bonchev–Trinajstić information content (AvgIpc) is 3.03. The van der Waals surface area contributed by atoms with Crippen LogP contribution in [0.15, 0.2) is 55.0 Å². The second kappa shape index (κ2) is 5.97. The average molecular weight is 299 g/mol. The predicted molar refractivity (Wildman–Crippen MR) is 84.9 cm³/mol. The Balaban J connectivity index is 1.66. The lowest BCUT2D eigenvalue weighted by molar-refractivity contribution is 0.879. The summed E-state index contributed by atoms with van der Waals surface area (Å²) in [6, 6.07) is 12.2. The molecule has 1 N–H and O–H groups in total. The number of pyridine rings is 1. The van der Waals surface area contributed by atoms with E-state index in [0.29, 0.717) is 5.15 Å². The number of hydrogen-bond donors (Lipinski definition) is 1. The highest BCUT2D eigenvalue weighted by Crippen LogP contribution is 2.17. The molecule has 5 heteroatoms. The Morgan fingerprint density at radius 2 is 2.05 bits per heavy atom. The van der Waals surface area contributed by atoms with Gasteiger partial charge in [-0.2, -0.15) is 5.10 Å². The molecule has 3 aromatic rings.